The molecule has 1 aromatic heterocycles. The van der Waals surface area contributed by atoms with E-state index in [2.05, 4.69) is 11.1 Å². The van der Waals surface area contributed by atoms with Gasteiger partial charge in [0.2, 0.25) is 0 Å². The predicted molar refractivity (Wildman–Crippen MR) is 74.0 cm³/mol. The van der Waals surface area contributed by atoms with Crippen LogP contribution in [0, 0.1) is 22.7 Å². The maximum atomic E-state index is 9.19. The van der Waals surface area contributed by atoms with Crippen LogP contribution in [0.4, 0.5) is 0 Å². The lowest BCUT2D eigenvalue weighted by molar-refractivity contribution is 0.00578. The Kier molecular flexibility index (Phi) is 3.56. The second-order valence-corrected chi connectivity index (χ2v) is 5.77. The SMILES string of the molecule is CC1(C)OB(c2nc(CC#N)ccc2C#N)OC1(C)C. The summed E-state index contributed by atoms with van der Waals surface area (Å²) in [6, 6.07) is 7.47. The fourth-order valence-corrected chi connectivity index (χ4v) is 1.93. The van der Waals surface area contributed by atoms with Crippen LogP contribution in [-0.4, -0.2) is 23.3 Å². The molecule has 0 bridgehead atoms. The van der Waals surface area contributed by atoms with Crippen molar-refractivity contribution in [3.05, 3.63) is 23.4 Å². The van der Waals surface area contributed by atoms with Gasteiger partial charge in [-0.1, -0.05) is 0 Å². The predicted octanol–water partition coefficient (Wildman–Crippen LogP) is 1.32. The first-order chi connectivity index (χ1) is 9.30. The van der Waals surface area contributed by atoms with Gasteiger partial charge in [0.25, 0.3) is 0 Å². The van der Waals surface area contributed by atoms with Crippen molar-refractivity contribution < 1.29 is 9.31 Å². The fourth-order valence-electron chi connectivity index (χ4n) is 1.93. The van der Waals surface area contributed by atoms with Gasteiger partial charge in [-0.2, -0.15) is 10.5 Å². The summed E-state index contributed by atoms with van der Waals surface area (Å²) in [5.41, 5.74) is 0.481. The monoisotopic (exact) mass is 269 g/mol. The van der Waals surface area contributed by atoms with Crippen molar-refractivity contribution in [2.24, 2.45) is 0 Å². The van der Waals surface area contributed by atoms with Crippen LogP contribution >= 0.6 is 0 Å². The summed E-state index contributed by atoms with van der Waals surface area (Å²) in [5, 5.41) is 17.9. The van der Waals surface area contributed by atoms with Crippen molar-refractivity contribution in [3.63, 3.8) is 0 Å². The van der Waals surface area contributed by atoms with Crippen LogP contribution in [0.3, 0.4) is 0 Å². The number of hydrogen-bond acceptors (Lipinski definition) is 5. The third-order valence-electron chi connectivity index (χ3n) is 3.84. The molecule has 0 N–H and O–H groups in total. The Hall–Kier alpha value is -1.89. The normalized spacial score (nSPS) is 19.4. The molecule has 0 spiro atoms. The molecule has 1 fully saturated rings. The zero-order valence-electron chi connectivity index (χ0n) is 12.1. The van der Waals surface area contributed by atoms with E-state index in [1.54, 1.807) is 12.1 Å². The molecule has 6 heteroatoms. The molecule has 5 nitrogen and oxygen atoms in total. The summed E-state index contributed by atoms with van der Waals surface area (Å²) < 4.78 is 11.8. The van der Waals surface area contributed by atoms with Crippen molar-refractivity contribution >= 4 is 12.7 Å². The minimum absolute atomic E-state index is 0.193. The van der Waals surface area contributed by atoms with Crippen LogP contribution in [-0.2, 0) is 15.7 Å². The highest BCUT2D eigenvalue weighted by Crippen LogP contribution is 2.36. The molecular weight excluding hydrogens is 253 g/mol. The largest absolute Gasteiger partial charge is 0.515 e. The van der Waals surface area contributed by atoms with Crippen molar-refractivity contribution in [1.29, 1.82) is 10.5 Å². The number of rotatable bonds is 2. The number of nitrogens with zero attached hydrogens (tertiary/aromatic N) is 3. The maximum absolute atomic E-state index is 9.19. The van der Waals surface area contributed by atoms with Gasteiger partial charge in [-0.15, -0.1) is 0 Å². The van der Waals surface area contributed by atoms with E-state index < -0.39 is 18.3 Å². The van der Waals surface area contributed by atoms with Crippen molar-refractivity contribution in [2.45, 2.75) is 45.3 Å². The van der Waals surface area contributed by atoms with Crippen LogP contribution in [0.1, 0.15) is 39.0 Å². The van der Waals surface area contributed by atoms with Crippen molar-refractivity contribution in [2.75, 3.05) is 0 Å². The number of pyridine rings is 1. The summed E-state index contributed by atoms with van der Waals surface area (Å²) >= 11 is 0. The second-order valence-electron chi connectivity index (χ2n) is 5.77. The lowest BCUT2D eigenvalue weighted by atomic mass is 9.81. The van der Waals surface area contributed by atoms with E-state index in [4.69, 9.17) is 14.6 Å². The van der Waals surface area contributed by atoms with Crippen molar-refractivity contribution in [3.8, 4) is 12.1 Å². The van der Waals surface area contributed by atoms with Crippen LogP contribution in [0.15, 0.2) is 12.1 Å². The van der Waals surface area contributed by atoms with Gasteiger partial charge < -0.3 is 9.31 Å². The third kappa shape index (κ3) is 2.41. The number of nitriles is 2. The Morgan fingerprint density at radius 3 is 2.25 bits per heavy atom. The minimum Gasteiger partial charge on any atom is -0.398 e. The van der Waals surface area contributed by atoms with E-state index in [9.17, 15) is 5.26 Å². The molecule has 0 amide bonds. The molecule has 1 aliphatic rings. The highest BCUT2D eigenvalue weighted by atomic mass is 16.7. The first kappa shape index (κ1) is 14.5. The van der Waals surface area contributed by atoms with Gasteiger partial charge in [-0.05, 0) is 39.8 Å². The first-order valence-corrected chi connectivity index (χ1v) is 6.43. The van der Waals surface area contributed by atoms with Gasteiger partial charge in [-0.25, -0.2) is 0 Å². The molecule has 0 unspecified atom stereocenters. The average Bonchev–Trinajstić information content (AvgIpc) is 2.59. The molecule has 1 aliphatic heterocycles. The van der Waals surface area contributed by atoms with E-state index in [1.807, 2.05) is 33.8 Å². The van der Waals surface area contributed by atoms with Crippen LogP contribution in [0.25, 0.3) is 0 Å². The zero-order chi connectivity index (χ0) is 15.0. The molecular formula is C14H16BN3O2. The van der Waals surface area contributed by atoms with Crippen LogP contribution in [0.5, 0.6) is 0 Å². The number of hydrogen-bond donors (Lipinski definition) is 0. The molecule has 1 saturated heterocycles. The molecule has 0 saturated carbocycles. The van der Waals surface area contributed by atoms with E-state index in [0.29, 0.717) is 16.9 Å². The molecule has 1 aromatic rings. The zero-order valence-corrected chi connectivity index (χ0v) is 12.1. The molecule has 0 aliphatic carbocycles. The molecule has 2 rings (SSSR count). The summed E-state index contributed by atoms with van der Waals surface area (Å²) in [7, 11) is -0.687. The average molecular weight is 269 g/mol. The molecule has 0 radical (unpaired) electrons. The molecule has 20 heavy (non-hydrogen) atoms. The molecule has 2 heterocycles. The Morgan fingerprint density at radius 2 is 1.75 bits per heavy atom. The van der Waals surface area contributed by atoms with E-state index >= 15 is 0 Å². The Balaban J connectivity index is 2.41. The molecule has 102 valence electrons. The summed E-state index contributed by atoms with van der Waals surface area (Å²) in [5.74, 6) is 0. The van der Waals surface area contributed by atoms with E-state index in [0.717, 1.165) is 0 Å². The topological polar surface area (TPSA) is 78.9 Å². The van der Waals surface area contributed by atoms with E-state index in [-0.39, 0.29) is 6.42 Å². The smallest absolute Gasteiger partial charge is 0.398 e. The first-order valence-electron chi connectivity index (χ1n) is 6.43. The summed E-state index contributed by atoms with van der Waals surface area (Å²) in [4.78, 5) is 4.35. The highest BCUT2D eigenvalue weighted by Gasteiger charge is 2.53. The second kappa shape index (κ2) is 4.90. The minimum atomic E-state index is -0.687. The van der Waals surface area contributed by atoms with Crippen LogP contribution < -0.4 is 5.59 Å². The highest BCUT2D eigenvalue weighted by molar-refractivity contribution is 6.61. The number of aromatic nitrogens is 1. The fraction of sp³-hybridized carbons (Fsp3) is 0.500. The van der Waals surface area contributed by atoms with Gasteiger partial charge in [0.15, 0.2) is 0 Å². The maximum Gasteiger partial charge on any atom is 0.515 e. The molecule has 0 atom stereocenters. The third-order valence-corrected chi connectivity index (χ3v) is 3.84. The van der Waals surface area contributed by atoms with Crippen molar-refractivity contribution in [1.82, 2.24) is 4.98 Å². The van der Waals surface area contributed by atoms with E-state index in [1.165, 1.54) is 0 Å². The van der Waals surface area contributed by atoms with Crippen LogP contribution in [0.2, 0.25) is 0 Å². The Morgan fingerprint density at radius 1 is 1.15 bits per heavy atom. The lowest BCUT2D eigenvalue weighted by Crippen LogP contribution is -2.41. The van der Waals surface area contributed by atoms with Gasteiger partial charge >= 0.3 is 7.12 Å². The Labute approximate surface area is 119 Å². The van der Waals surface area contributed by atoms with Gasteiger partial charge in [0, 0.05) is 0 Å². The standard InChI is InChI=1S/C14H16BN3O2/c1-13(2)14(3,4)20-15(19-13)12-10(9-17)5-6-11(18-12)7-8-16/h5-6H,7H2,1-4H3. The van der Waals surface area contributed by atoms with Gasteiger partial charge in [-0.3, -0.25) is 4.98 Å². The van der Waals surface area contributed by atoms with Gasteiger partial charge in [0.1, 0.15) is 6.07 Å². The lowest BCUT2D eigenvalue weighted by Gasteiger charge is -2.32. The van der Waals surface area contributed by atoms with Gasteiger partial charge in [0.05, 0.1) is 40.5 Å². The summed E-state index contributed by atoms with van der Waals surface area (Å²) in [6.07, 6.45) is 0.193. The quantitative estimate of drug-likeness (QED) is 0.756. The summed E-state index contributed by atoms with van der Waals surface area (Å²) in [6.45, 7) is 7.77. The Bertz CT molecular complexity index is 598. The molecule has 0 aromatic carbocycles.